The summed E-state index contributed by atoms with van der Waals surface area (Å²) >= 11 is 1.36. The van der Waals surface area contributed by atoms with Crippen LogP contribution in [-0.2, 0) is 10.5 Å². The van der Waals surface area contributed by atoms with Gasteiger partial charge < -0.3 is 0 Å². The van der Waals surface area contributed by atoms with Gasteiger partial charge >= 0.3 is 0 Å². The Morgan fingerprint density at radius 3 is 2.67 bits per heavy atom. The fraction of sp³-hybridized carbons (Fsp3) is 0.300. The van der Waals surface area contributed by atoms with Gasteiger partial charge in [0.05, 0.1) is 0 Å². The zero-order valence-corrected chi connectivity index (χ0v) is 8.15. The third-order valence-corrected chi connectivity index (χ3v) is 2.55. The van der Waals surface area contributed by atoms with Gasteiger partial charge in [-0.15, -0.1) is 0 Å². The Hall–Kier alpha value is -0.760. The molecule has 0 saturated heterocycles. The van der Waals surface area contributed by atoms with Crippen LogP contribution in [0.4, 0.5) is 0 Å². The zero-order chi connectivity index (χ0) is 8.97. The summed E-state index contributed by atoms with van der Waals surface area (Å²) < 4.78 is 0. The van der Waals surface area contributed by atoms with E-state index in [2.05, 4.69) is 19.1 Å². The first-order chi connectivity index (χ1) is 5.70. The third kappa shape index (κ3) is 2.70. The van der Waals surface area contributed by atoms with Crippen LogP contribution in [-0.4, -0.2) is 5.12 Å². The van der Waals surface area contributed by atoms with Gasteiger partial charge in [-0.05, 0) is 18.1 Å². The van der Waals surface area contributed by atoms with Gasteiger partial charge in [0.15, 0.2) is 5.12 Å². The van der Waals surface area contributed by atoms with Crippen LogP contribution >= 0.6 is 11.8 Å². The van der Waals surface area contributed by atoms with Crippen molar-refractivity contribution >= 4 is 16.9 Å². The van der Waals surface area contributed by atoms with Gasteiger partial charge in [-0.2, -0.15) is 0 Å². The standard InChI is InChI=1S/C10H12OS/c1-8-5-3-4-6-10(8)7-12-9(2)11/h3-6H,7H2,1-2H3. The van der Waals surface area contributed by atoms with E-state index in [1.807, 2.05) is 12.1 Å². The summed E-state index contributed by atoms with van der Waals surface area (Å²) in [5.74, 6) is 0.794. The van der Waals surface area contributed by atoms with E-state index in [0.29, 0.717) is 0 Å². The second kappa shape index (κ2) is 4.31. The van der Waals surface area contributed by atoms with Crippen molar-refractivity contribution in [1.29, 1.82) is 0 Å². The molecule has 1 aromatic rings. The van der Waals surface area contributed by atoms with Crippen LogP contribution in [0.5, 0.6) is 0 Å². The molecule has 0 saturated carbocycles. The van der Waals surface area contributed by atoms with Gasteiger partial charge in [0.1, 0.15) is 0 Å². The first-order valence-corrected chi connectivity index (χ1v) is 4.86. The van der Waals surface area contributed by atoms with Crippen molar-refractivity contribution in [1.82, 2.24) is 0 Å². The van der Waals surface area contributed by atoms with Crippen LogP contribution < -0.4 is 0 Å². The smallest absolute Gasteiger partial charge is 0.186 e. The largest absolute Gasteiger partial charge is 0.288 e. The Bertz CT molecular complexity index is 281. The minimum atomic E-state index is 0.179. The predicted octanol–water partition coefficient (Wildman–Crippen LogP) is 2.77. The van der Waals surface area contributed by atoms with Crippen molar-refractivity contribution in [2.45, 2.75) is 19.6 Å². The highest BCUT2D eigenvalue weighted by molar-refractivity contribution is 8.12. The summed E-state index contributed by atoms with van der Waals surface area (Å²) in [7, 11) is 0. The molecule has 0 aliphatic carbocycles. The molecule has 0 aliphatic rings. The van der Waals surface area contributed by atoms with Gasteiger partial charge in [-0.25, -0.2) is 0 Å². The molecule has 1 nitrogen and oxygen atoms in total. The maximum absolute atomic E-state index is 10.7. The normalized spacial score (nSPS) is 9.83. The number of aryl methyl sites for hydroxylation is 1. The van der Waals surface area contributed by atoms with E-state index in [-0.39, 0.29) is 5.12 Å². The van der Waals surface area contributed by atoms with E-state index < -0.39 is 0 Å². The average Bonchev–Trinajstić information content (AvgIpc) is 2.03. The van der Waals surface area contributed by atoms with Gasteiger partial charge in [-0.1, -0.05) is 36.0 Å². The Kier molecular flexibility index (Phi) is 3.35. The molecule has 1 aromatic carbocycles. The Balaban J connectivity index is 2.63. The fourth-order valence-corrected chi connectivity index (χ4v) is 1.63. The van der Waals surface area contributed by atoms with Crippen molar-refractivity contribution in [2.24, 2.45) is 0 Å². The predicted molar refractivity (Wildman–Crippen MR) is 53.2 cm³/mol. The number of carbonyl (C=O) groups excluding carboxylic acids is 1. The number of benzene rings is 1. The molecule has 0 amide bonds. The zero-order valence-electron chi connectivity index (χ0n) is 7.33. The third-order valence-electron chi connectivity index (χ3n) is 1.69. The molecule has 0 unspecified atom stereocenters. The number of hydrogen-bond acceptors (Lipinski definition) is 2. The van der Waals surface area contributed by atoms with Crippen LogP contribution in [0.15, 0.2) is 24.3 Å². The molecule has 1 rings (SSSR count). The molecule has 0 radical (unpaired) electrons. The molecular weight excluding hydrogens is 168 g/mol. The summed E-state index contributed by atoms with van der Waals surface area (Å²) in [6.07, 6.45) is 0. The van der Waals surface area contributed by atoms with Crippen molar-refractivity contribution in [3.8, 4) is 0 Å². The molecule has 0 bridgehead atoms. The number of thioether (sulfide) groups is 1. The van der Waals surface area contributed by atoms with E-state index in [9.17, 15) is 4.79 Å². The summed E-state index contributed by atoms with van der Waals surface area (Å²) in [4.78, 5) is 10.7. The van der Waals surface area contributed by atoms with Gasteiger partial charge in [-0.3, -0.25) is 4.79 Å². The Morgan fingerprint density at radius 2 is 2.08 bits per heavy atom. The van der Waals surface area contributed by atoms with Crippen molar-refractivity contribution in [3.63, 3.8) is 0 Å². The maximum atomic E-state index is 10.7. The van der Waals surface area contributed by atoms with Crippen LogP contribution in [0, 0.1) is 6.92 Å². The quantitative estimate of drug-likeness (QED) is 0.696. The monoisotopic (exact) mass is 180 g/mol. The molecule has 0 N–H and O–H groups in total. The van der Waals surface area contributed by atoms with Crippen molar-refractivity contribution < 1.29 is 4.79 Å². The summed E-state index contributed by atoms with van der Waals surface area (Å²) in [5.41, 5.74) is 2.50. The maximum Gasteiger partial charge on any atom is 0.186 e. The summed E-state index contributed by atoms with van der Waals surface area (Å²) in [6.45, 7) is 3.67. The Morgan fingerprint density at radius 1 is 1.42 bits per heavy atom. The second-order valence-electron chi connectivity index (χ2n) is 2.71. The first-order valence-electron chi connectivity index (χ1n) is 3.88. The lowest BCUT2D eigenvalue weighted by molar-refractivity contribution is -0.109. The lowest BCUT2D eigenvalue weighted by atomic mass is 10.1. The van der Waals surface area contributed by atoms with Crippen LogP contribution in [0.1, 0.15) is 18.1 Å². The molecule has 0 atom stereocenters. The molecular formula is C10H12OS. The molecule has 2 heteroatoms. The SMILES string of the molecule is CC(=O)SCc1ccccc1C. The lowest BCUT2D eigenvalue weighted by Crippen LogP contribution is -1.88. The molecule has 12 heavy (non-hydrogen) atoms. The molecule has 64 valence electrons. The Labute approximate surface area is 77.2 Å². The second-order valence-corrected chi connectivity index (χ2v) is 3.86. The van der Waals surface area contributed by atoms with Crippen LogP contribution in [0.2, 0.25) is 0 Å². The summed E-state index contributed by atoms with van der Waals surface area (Å²) in [6, 6.07) is 8.14. The lowest BCUT2D eigenvalue weighted by Gasteiger charge is -2.01. The molecule has 0 spiro atoms. The van der Waals surface area contributed by atoms with Gasteiger partial charge in [0.2, 0.25) is 0 Å². The van der Waals surface area contributed by atoms with Gasteiger partial charge in [0.25, 0.3) is 0 Å². The molecule has 0 aromatic heterocycles. The van der Waals surface area contributed by atoms with E-state index in [0.717, 1.165) is 5.75 Å². The number of rotatable bonds is 2. The minimum absolute atomic E-state index is 0.179. The minimum Gasteiger partial charge on any atom is -0.288 e. The number of hydrogen-bond donors (Lipinski definition) is 0. The van der Waals surface area contributed by atoms with E-state index in [1.54, 1.807) is 6.92 Å². The van der Waals surface area contributed by atoms with Crippen LogP contribution in [0.3, 0.4) is 0 Å². The highest BCUT2D eigenvalue weighted by atomic mass is 32.2. The highest BCUT2D eigenvalue weighted by Crippen LogP contribution is 2.15. The first kappa shape index (κ1) is 9.33. The van der Waals surface area contributed by atoms with E-state index in [1.165, 1.54) is 22.9 Å². The molecule has 0 heterocycles. The fourth-order valence-electron chi connectivity index (χ4n) is 0.951. The van der Waals surface area contributed by atoms with Crippen molar-refractivity contribution in [3.05, 3.63) is 35.4 Å². The average molecular weight is 180 g/mol. The van der Waals surface area contributed by atoms with E-state index >= 15 is 0 Å². The molecule has 0 fully saturated rings. The topological polar surface area (TPSA) is 17.1 Å². The summed E-state index contributed by atoms with van der Waals surface area (Å²) in [5, 5.41) is 0.179. The van der Waals surface area contributed by atoms with Crippen molar-refractivity contribution in [2.75, 3.05) is 0 Å². The highest BCUT2D eigenvalue weighted by Gasteiger charge is 1.98. The van der Waals surface area contributed by atoms with E-state index in [4.69, 9.17) is 0 Å². The van der Waals surface area contributed by atoms with Gasteiger partial charge in [0, 0.05) is 12.7 Å². The van der Waals surface area contributed by atoms with Crippen LogP contribution in [0.25, 0.3) is 0 Å². The number of carbonyl (C=O) groups is 1. The molecule has 0 aliphatic heterocycles.